The first-order valence-corrected chi connectivity index (χ1v) is 18.4. The zero-order valence-electron chi connectivity index (χ0n) is 25.1. The number of unbranched alkanes of at least 4 members (excludes halogenated alkanes) is 3. The topological polar surface area (TPSA) is 125 Å². The second-order valence-corrected chi connectivity index (χ2v) is 14.8. The summed E-state index contributed by atoms with van der Waals surface area (Å²) in [6, 6.07) is 22.2. The molecule has 10 heteroatoms. The van der Waals surface area contributed by atoms with E-state index in [4.69, 9.17) is 14.2 Å². The molecule has 1 aliphatic carbocycles. The van der Waals surface area contributed by atoms with Gasteiger partial charge in [-0.25, -0.2) is 13.6 Å². The summed E-state index contributed by atoms with van der Waals surface area (Å²) < 4.78 is 48.5. The fraction of sp³-hybridized carbons (Fsp3) is 0.424. The summed E-state index contributed by atoms with van der Waals surface area (Å²) in [6.07, 6.45) is 5.58. The first kappa shape index (κ1) is 33.1. The number of rotatable bonds is 17. The predicted molar refractivity (Wildman–Crippen MR) is 170 cm³/mol. The lowest BCUT2D eigenvalue weighted by atomic mass is 9.73. The Morgan fingerprint density at radius 2 is 1.35 bits per heavy atom. The van der Waals surface area contributed by atoms with E-state index in [0.29, 0.717) is 38.6 Å². The molecule has 0 saturated carbocycles. The van der Waals surface area contributed by atoms with Gasteiger partial charge in [0.2, 0.25) is 15.9 Å². The Labute approximate surface area is 256 Å². The van der Waals surface area contributed by atoms with Gasteiger partial charge >= 0.3 is 7.60 Å². The molecule has 0 unspecified atom stereocenters. The van der Waals surface area contributed by atoms with Crippen LogP contribution in [0.25, 0.3) is 11.1 Å². The van der Waals surface area contributed by atoms with Gasteiger partial charge in [0.1, 0.15) is 5.41 Å². The van der Waals surface area contributed by atoms with Crippen molar-refractivity contribution in [3.05, 3.63) is 89.5 Å². The minimum absolute atomic E-state index is 0.0207. The number of carbonyl (C=O) groups excluding carboxylic acids is 1. The van der Waals surface area contributed by atoms with E-state index < -0.39 is 23.0 Å². The van der Waals surface area contributed by atoms with Crippen LogP contribution in [0.5, 0.6) is 0 Å². The molecule has 0 atom stereocenters. The lowest BCUT2D eigenvalue weighted by molar-refractivity contribution is -0.125. The third kappa shape index (κ3) is 7.83. The Balaban J connectivity index is 1.56. The van der Waals surface area contributed by atoms with E-state index in [-0.39, 0.29) is 17.3 Å². The molecule has 0 spiro atoms. The SMILES string of the molecule is CCCCOP(=O)(CCCCC1(C(=O)NCc2ccc(S(N)(=O)=O)cc2)c2ccccc2-c2ccccc21)OCCCC. The van der Waals surface area contributed by atoms with Crippen LogP contribution < -0.4 is 10.5 Å². The number of nitrogens with two attached hydrogens (primary N) is 1. The number of fused-ring (bicyclic) bond motifs is 3. The van der Waals surface area contributed by atoms with Crippen molar-refractivity contribution in [1.29, 1.82) is 0 Å². The number of carbonyl (C=O) groups is 1. The third-order valence-corrected chi connectivity index (χ3v) is 10.9. The van der Waals surface area contributed by atoms with Gasteiger partial charge in [-0.3, -0.25) is 9.36 Å². The number of amides is 1. The van der Waals surface area contributed by atoms with Crippen LogP contribution >= 0.6 is 7.60 Å². The molecule has 1 aliphatic rings. The number of hydrogen-bond donors (Lipinski definition) is 2. The largest absolute Gasteiger partial charge is 0.351 e. The van der Waals surface area contributed by atoms with Gasteiger partial charge in [0.05, 0.1) is 24.3 Å². The van der Waals surface area contributed by atoms with Crippen molar-refractivity contribution in [3.63, 3.8) is 0 Å². The van der Waals surface area contributed by atoms with Crippen LogP contribution in [-0.2, 0) is 40.4 Å². The Bertz CT molecular complexity index is 1480. The van der Waals surface area contributed by atoms with Crippen molar-refractivity contribution >= 4 is 23.5 Å². The molecule has 0 saturated heterocycles. The zero-order valence-corrected chi connectivity index (χ0v) is 26.8. The molecule has 0 radical (unpaired) electrons. The molecule has 0 aromatic heterocycles. The van der Waals surface area contributed by atoms with Crippen molar-refractivity contribution in [2.75, 3.05) is 19.4 Å². The molecule has 0 fully saturated rings. The summed E-state index contributed by atoms with van der Waals surface area (Å²) in [5.41, 5.74) is 3.76. The van der Waals surface area contributed by atoms with Gasteiger partial charge in [-0.2, -0.15) is 0 Å². The van der Waals surface area contributed by atoms with E-state index in [1.807, 2.05) is 48.5 Å². The summed E-state index contributed by atoms with van der Waals surface area (Å²) in [5.74, 6) is -0.137. The van der Waals surface area contributed by atoms with Crippen LogP contribution in [0.4, 0.5) is 0 Å². The monoisotopic (exact) mass is 626 g/mol. The maximum absolute atomic E-state index is 14.3. The molecule has 4 rings (SSSR count). The number of benzene rings is 3. The lowest BCUT2D eigenvalue weighted by Gasteiger charge is -2.31. The van der Waals surface area contributed by atoms with Gasteiger partial charge in [0.25, 0.3) is 0 Å². The number of hydrogen-bond acceptors (Lipinski definition) is 6. The van der Waals surface area contributed by atoms with E-state index in [9.17, 15) is 17.8 Å². The normalized spacial score (nSPS) is 13.8. The van der Waals surface area contributed by atoms with Crippen LogP contribution in [0.3, 0.4) is 0 Å². The maximum atomic E-state index is 14.3. The quantitative estimate of drug-likeness (QED) is 0.124. The van der Waals surface area contributed by atoms with Crippen molar-refractivity contribution in [2.45, 2.75) is 75.6 Å². The van der Waals surface area contributed by atoms with Gasteiger partial charge in [-0.05, 0) is 65.6 Å². The molecule has 8 nitrogen and oxygen atoms in total. The predicted octanol–water partition coefficient (Wildman–Crippen LogP) is 6.91. The second kappa shape index (κ2) is 14.8. The highest BCUT2D eigenvalue weighted by Gasteiger charge is 2.48. The molecule has 0 bridgehead atoms. The van der Waals surface area contributed by atoms with Crippen molar-refractivity contribution in [1.82, 2.24) is 5.32 Å². The van der Waals surface area contributed by atoms with Gasteiger partial charge in [0, 0.05) is 6.54 Å². The smallest absolute Gasteiger partial charge is 0.330 e. The minimum Gasteiger partial charge on any atom is -0.351 e. The van der Waals surface area contributed by atoms with E-state index in [2.05, 4.69) is 19.2 Å². The van der Waals surface area contributed by atoms with Crippen LogP contribution in [0.2, 0.25) is 0 Å². The molecular formula is C33H43N2O6PS. The average molecular weight is 627 g/mol. The van der Waals surface area contributed by atoms with E-state index in [0.717, 1.165) is 53.5 Å². The highest BCUT2D eigenvalue weighted by molar-refractivity contribution is 7.89. The summed E-state index contributed by atoms with van der Waals surface area (Å²) >= 11 is 0. The summed E-state index contributed by atoms with van der Waals surface area (Å²) in [4.78, 5) is 14.3. The first-order valence-electron chi connectivity index (χ1n) is 15.1. The van der Waals surface area contributed by atoms with Crippen molar-refractivity contribution in [3.8, 4) is 11.1 Å². The van der Waals surface area contributed by atoms with Crippen molar-refractivity contribution < 1.29 is 26.8 Å². The highest BCUT2D eigenvalue weighted by atomic mass is 32.2. The zero-order chi connectivity index (χ0) is 30.9. The molecule has 43 heavy (non-hydrogen) atoms. The van der Waals surface area contributed by atoms with Gasteiger partial charge in [0.15, 0.2) is 0 Å². The van der Waals surface area contributed by atoms with Crippen LogP contribution in [-0.4, -0.2) is 33.7 Å². The molecule has 0 aliphatic heterocycles. The standard InChI is InChI=1S/C33H43N2O6PS/c1-3-5-22-40-42(37,41-23-6-4-2)24-12-11-21-33(30-15-9-7-13-28(30)29-14-8-10-16-31(29)33)32(36)35-25-26-17-19-27(20-18-26)43(34,38)39/h7-10,13-20H,3-6,11-12,21-25H2,1-2H3,(H,35,36)(H2,34,38,39). The maximum Gasteiger partial charge on any atom is 0.330 e. The lowest BCUT2D eigenvalue weighted by Crippen LogP contribution is -2.44. The van der Waals surface area contributed by atoms with E-state index in [1.54, 1.807) is 12.1 Å². The molecule has 1 amide bonds. The van der Waals surface area contributed by atoms with Crippen LogP contribution in [0, 0.1) is 0 Å². The van der Waals surface area contributed by atoms with Gasteiger partial charge in [-0.1, -0.05) is 93.8 Å². The Kier molecular flexibility index (Phi) is 11.4. The fourth-order valence-electron chi connectivity index (χ4n) is 5.64. The van der Waals surface area contributed by atoms with Gasteiger partial charge in [-0.15, -0.1) is 0 Å². The van der Waals surface area contributed by atoms with E-state index >= 15 is 0 Å². The number of nitrogens with one attached hydrogen (secondary N) is 1. The molecule has 232 valence electrons. The summed E-state index contributed by atoms with van der Waals surface area (Å²) in [5, 5.41) is 8.36. The van der Waals surface area contributed by atoms with Crippen molar-refractivity contribution in [2.24, 2.45) is 5.14 Å². The molecular weight excluding hydrogens is 583 g/mol. The fourth-order valence-corrected chi connectivity index (χ4v) is 7.91. The third-order valence-electron chi connectivity index (χ3n) is 7.96. The average Bonchev–Trinajstić information content (AvgIpc) is 3.29. The Morgan fingerprint density at radius 3 is 1.86 bits per heavy atom. The molecule has 3 aromatic rings. The first-order chi connectivity index (χ1) is 20.6. The van der Waals surface area contributed by atoms with Crippen LogP contribution in [0.1, 0.15) is 75.5 Å². The summed E-state index contributed by atoms with van der Waals surface area (Å²) in [6.45, 7) is 5.17. The van der Waals surface area contributed by atoms with E-state index in [1.165, 1.54) is 12.1 Å². The minimum atomic E-state index is -3.80. The Hall–Kier alpha value is -2.81. The van der Waals surface area contributed by atoms with Gasteiger partial charge < -0.3 is 14.4 Å². The summed E-state index contributed by atoms with van der Waals surface area (Å²) in [7, 11) is -7.04. The number of sulfonamides is 1. The second-order valence-electron chi connectivity index (χ2n) is 11.0. The molecule has 3 aromatic carbocycles. The molecule has 0 heterocycles. The Morgan fingerprint density at radius 1 is 0.814 bits per heavy atom. The highest BCUT2D eigenvalue weighted by Crippen LogP contribution is 2.53. The number of primary sulfonamides is 1. The van der Waals surface area contributed by atoms with Crippen LogP contribution in [0.15, 0.2) is 77.7 Å². The molecule has 3 N–H and O–H groups in total.